The summed E-state index contributed by atoms with van der Waals surface area (Å²) in [5.41, 5.74) is 0.422. The van der Waals surface area contributed by atoms with Crippen molar-refractivity contribution in [3.8, 4) is 11.1 Å². The molecule has 1 heterocycles. The van der Waals surface area contributed by atoms with Crippen molar-refractivity contribution >= 4 is 5.97 Å². The van der Waals surface area contributed by atoms with Gasteiger partial charge in [-0.3, -0.25) is 4.98 Å². The molecule has 0 bridgehead atoms. The Morgan fingerprint density at radius 3 is 2.35 bits per heavy atom. The number of halogens is 3. The van der Waals surface area contributed by atoms with E-state index >= 15 is 0 Å². The first-order valence-electron chi connectivity index (χ1n) is 5.63. The van der Waals surface area contributed by atoms with Crippen molar-refractivity contribution in [2.75, 3.05) is 7.11 Å². The van der Waals surface area contributed by atoms with Gasteiger partial charge in [0.1, 0.15) is 0 Å². The van der Waals surface area contributed by atoms with Crippen LogP contribution in [0.3, 0.4) is 0 Å². The van der Waals surface area contributed by atoms with Crippen LogP contribution in [0, 0.1) is 0 Å². The minimum atomic E-state index is -4.39. The SMILES string of the molecule is COC(=O)c1cnccc1-c1ccc(C(F)(F)F)cc1. The van der Waals surface area contributed by atoms with Crippen LogP contribution < -0.4 is 0 Å². The second-order valence-corrected chi connectivity index (χ2v) is 3.99. The van der Waals surface area contributed by atoms with E-state index < -0.39 is 17.7 Å². The summed E-state index contributed by atoms with van der Waals surface area (Å²) in [6, 6.07) is 6.11. The van der Waals surface area contributed by atoms with E-state index in [-0.39, 0.29) is 5.56 Å². The van der Waals surface area contributed by atoms with Crippen LogP contribution in [-0.4, -0.2) is 18.1 Å². The molecule has 0 aliphatic heterocycles. The first-order valence-corrected chi connectivity index (χ1v) is 5.63. The summed E-state index contributed by atoms with van der Waals surface area (Å²) in [5.74, 6) is -0.590. The van der Waals surface area contributed by atoms with Crippen LogP contribution in [-0.2, 0) is 10.9 Å². The number of methoxy groups -OCH3 is 1. The third-order valence-electron chi connectivity index (χ3n) is 2.75. The van der Waals surface area contributed by atoms with E-state index in [0.717, 1.165) is 12.1 Å². The predicted octanol–water partition coefficient (Wildman–Crippen LogP) is 3.55. The monoisotopic (exact) mass is 281 g/mol. The lowest BCUT2D eigenvalue weighted by molar-refractivity contribution is -0.137. The third-order valence-corrected chi connectivity index (χ3v) is 2.75. The maximum absolute atomic E-state index is 12.5. The standard InChI is InChI=1S/C14H10F3NO2/c1-20-13(19)12-8-18-7-6-11(12)9-2-4-10(5-3-9)14(15,16)17/h2-8H,1H3. The molecule has 0 amide bonds. The van der Waals surface area contributed by atoms with Gasteiger partial charge in [-0.05, 0) is 29.3 Å². The lowest BCUT2D eigenvalue weighted by Crippen LogP contribution is -2.05. The topological polar surface area (TPSA) is 39.2 Å². The van der Waals surface area contributed by atoms with E-state index in [2.05, 4.69) is 9.72 Å². The van der Waals surface area contributed by atoms with Gasteiger partial charge in [0.25, 0.3) is 0 Å². The second kappa shape index (κ2) is 5.32. The average Bonchev–Trinajstić information content (AvgIpc) is 2.45. The van der Waals surface area contributed by atoms with Gasteiger partial charge in [0.15, 0.2) is 0 Å². The van der Waals surface area contributed by atoms with Crippen molar-refractivity contribution < 1.29 is 22.7 Å². The van der Waals surface area contributed by atoms with Gasteiger partial charge < -0.3 is 4.74 Å². The Balaban J connectivity index is 2.45. The average molecular weight is 281 g/mol. The van der Waals surface area contributed by atoms with E-state index in [9.17, 15) is 18.0 Å². The number of hydrogen-bond donors (Lipinski definition) is 0. The number of carbonyl (C=O) groups excluding carboxylic acids is 1. The van der Waals surface area contributed by atoms with E-state index in [1.165, 1.54) is 31.6 Å². The van der Waals surface area contributed by atoms with Gasteiger partial charge in [-0.25, -0.2) is 4.79 Å². The van der Waals surface area contributed by atoms with Crippen LogP contribution in [0.1, 0.15) is 15.9 Å². The molecule has 0 atom stereocenters. The number of esters is 1. The fourth-order valence-corrected chi connectivity index (χ4v) is 1.76. The summed E-state index contributed by atoms with van der Waals surface area (Å²) in [6.45, 7) is 0. The Bertz CT molecular complexity index is 621. The van der Waals surface area contributed by atoms with Crippen LogP contribution >= 0.6 is 0 Å². The largest absolute Gasteiger partial charge is 0.465 e. The van der Waals surface area contributed by atoms with Crippen LogP contribution in [0.25, 0.3) is 11.1 Å². The Morgan fingerprint density at radius 1 is 1.15 bits per heavy atom. The van der Waals surface area contributed by atoms with Crippen molar-refractivity contribution in [1.82, 2.24) is 4.98 Å². The number of hydrogen-bond acceptors (Lipinski definition) is 3. The molecule has 6 heteroatoms. The molecule has 0 spiro atoms. The minimum absolute atomic E-state index is 0.203. The summed E-state index contributed by atoms with van der Waals surface area (Å²) in [4.78, 5) is 15.4. The number of benzene rings is 1. The number of carbonyl (C=O) groups is 1. The van der Waals surface area contributed by atoms with E-state index in [1.54, 1.807) is 6.07 Å². The number of alkyl halides is 3. The molecular formula is C14H10F3NO2. The second-order valence-electron chi connectivity index (χ2n) is 3.99. The number of aromatic nitrogens is 1. The fourth-order valence-electron chi connectivity index (χ4n) is 1.76. The quantitative estimate of drug-likeness (QED) is 0.790. The molecule has 20 heavy (non-hydrogen) atoms. The van der Waals surface area contributed by atoms with Gasteiger partial charge in [-0.1, -0.05) is 12.1 Å². The van der Waals surface area contributed by atoms with Gasteiger partial charge in [0.05, 0.1) is 18.2 Å². The van der Waals surface area contributed by atoms with Crippen LogP contribution in [0.2, 0.25) is 0 Å². The molecule has 0 radical (unpaired) electrons. The lowest BCUT2D eigenvalue weighted by Gasteiger charge is -2.10. The highest BCUT2D eigenvalue weighted by Gasteiger charge is 2.30. The Kier molecular flexibility index (Phi) is 3.74. The highest BCUT2D eigenvalue weighted by atomic mass is 19.4. The Labute approximate surface area is 113 Å². The zero-order valence-electron chi connectivity index (χ0n) is 10.4. The molecule has 0 unspecified atom stereocenters. The molecule has 3 nitrogen and oxygen atoms in total. The van der Waals surface area contributed by atoms with Crippen LogP contribution in [0.5, 0.6) is 0 Å². The Morgan fingerprint density at radius 2 is 1.80 bits per heavy atom. The first-order chi connectivity index (χ1) is 9.43. The molecule has 2 rings (SSSR count). The molecule has 0 saturated carbocycles. The van der Waals surface area contributed by atoms with Crippen molar-refractivity contribution in [1.29, 1.82) is 0 Å². The summed E-state index contributed by atoms with van der Waals surface area (Å²) < 4.78 is 42.1. The number of rotatable bonds is 2. The van der Waals surface area contributed by atoms with E-state index in [1.807, 2.05) is 0 Å². The molecule has 104 valence electrons. The third kappa shape index (κ3) is 2.79. The molecule has 0 aliphatic carbocycles. The highest BCUT2D eigenvalue weighted by molar-refractivity contribution is 5.96. The van der Waals surface area contributed by atoms with Gasteiger partial charge in [0, 0.05) is 12.4 Å². The molecule has 0 N–H and O–H groups in total. The highest BCUT2D eigenvalue weighted by Crippen LogP contribution is 2.31. The number of pyridine rings is 1. The summed E-state index contributed by atoms with van der Waals surface area (Å²) >= 11 is 0. The maximum Gasteiger partial charge on any atom is 0.416 e. The molecular weight excluding hydrogens is 271 g/mol. The number of ether oxygens (including phenoxy) is 1. The van der Waals surface area contributed by atoms with E-state index in [0.29, 0.717) is 11.1 Å². The molecule has 0 aliphatic rings. The zero-order valence-corrected chi connectivity index (χ0v) is 10.4. The molecule has 0 fully saturated rings. The molecule has 1 aromatic heterocycles. The van der Waals surface area contributed by atoms with Crippen LogP contribution in [0.15, 0.2) is 42.7 Å². The predicted molar refractivity (Wildman–Crippen MR) is 66.0 cm³/mol. The van der Waals surface area contributed by atoms with Gasteiger partial charge >= 0.3 is 12.1 Å². The van der Waals surface area contributed by atoms with Crippen molar-refractivity contribution in [3.63, 3.8) is 0 Å². The van der Waals surface area contributed by atoms with Crippen molar-refractivity contribution in [3.05, 3.63) is 53.9 Å². The minimum Gasteiger partial charge on any atom is -0.465 e. The molecule has 2 aromatic rings. The van der Waals surface area contributed by atoms with Crippen molar-refractivity contribution in [2.24, 2.45) is 0 Å². The molecule has 1 aromatic carbocycles. The van der Waals surface area contributed by atoms with E-state index in [4.69, 9.17) is 0 Å². The lowest BCUT2D eigenvalue weighted by atomic mass is 10.0. The molecule has 0 saturated heterocycles. The maximum atomic E-state index is 12.5. The van der Waals surface area contributed by atoms with Gasteiger partial charge in [0.2, 0.25) is 0 Å². The Hall–Kier alpha value is -2.37. The zero-order chi connectivity index (χ0) is 14.8. The summed E-state index contributed by atoms with van der Waals surface area (Å²) in [5, 5.41) is 0. The smallest absolute Gasteiger partial charge is 0.416 e. The summed E-state index contributed by atoms with van der Waals surface area (Å²) in [6.07, 6.45) is -1.61. The first kappa shape index (κ1) is 14.0. The van der Waals surface area contributed by atoms with Gasteiger partial charge in [-0.15, -0.1) is 0 Å². The number of nitrogens with zero attached hydrogens (tertiary/aromatic N) is 1. The summed E-state index contributed by atoms with van der Waals surface area (Å²) in [7, 11) is 1.23. The van der Waals surface area contributed by atoms with Gasteiger partial charge in [-0.2, -0.15) is 13.2 Å². The fraction of sp³-hybridized carbons (Fsp3) is 0.143. The van der Waals surface area contributed by atoms with Crippen molar-refractivity contribution in [2.45, 2.75) is 6.18 Å². The van der Waals surface area contributed by atoms with Crippen LogP contribution in [0.4, 0.5) is 13.2 Å². The normalized spacial score (nSPS) is 11.2.